The number of nitrogens with one attached hydrogen (secondary N) is 1. The van der Waals surface area contributed by atoms with Gasteiger partial charge in [0.1, 0.15) is 6.61 Å². The van der Waals surface area contributed by atoms with Crippen LogP contribution in [0.5, 0.6) is 11.5 Å². The lowest BCUT2D eigenvalue weighted by Gasteiger charge is -2.24. The van der Waals surface area contributed by atoms with Gasteiger partial charge in [-0.1, -0.05) is 6.07 Å². The fourth-order valence-corrected chi connectivity index (χ4v) is 3.88. The number of benzene rings is 1. The van der Waals surface area contributed by atoms with Crippen LogP contribution in [0.3, 0.4) is 0 Å². The summed E-state index contributed by atoms with van der Waals surface area (Å²) in [6.07, 6.45) is 2.05. The average molecular weight is 319 g/mol. The van der Waals surface area contributed by atoms with Crippen LogP contribution in [0.25, 0.3) is 0 Å². The number of hydrogen-bond acceptors (Lipinski definition) is 5. The summed E-state index contributed by atoms with van der Waals surface area (Å²) in [5.74, 6) is 1.39. The first-order chi connectivity index (χ1) is 10.8. The van der Waals surface area contributed by atoms with Crippen molar-refractivity contribution in [3.05, 3.63) is 45.6 Å². The quantitative estimate of drug-likeness (QED) is 0.859. The third kappa shape index (κ3) is 3.27. The third-order valence-corrected chi connectivity index (χ3v) is 4.97. The van der Waals surface area contributed by atoms with E-state index in [4.69, 9.17) is 14.6 Å². The maximum absolute atomic E-state index is 8.86. The molecule has 0 bridgehead atoms. The highest BCUT2D eigenvalue weighted by atomic mass is 32.1. The summed E-state index contributed by atoms with van der Waals surface area (Å²) in [4.78, 5) is 1.45. The van der Waals surface area contributed by atoms with Crippen molar-refractivity contribution in [2.45, 2.75) is 18.9 Å². The fraction of sp³-hybridized carbons (Fsp3) is 0.412. The zero-order chi connectivity index (χ0) is 15.4. The summed E-state index contributed by atoms with van der Waals surface area (Å²) < 4.78 is 10.9. The summed E-state index contributed by atoms with van der Waals surface area (Å²) in [6.45, 7) is 1.31. The van der Waals surface area contributed by atoms with Crippen LogP contribution in [0.15, 0.2) is 29.6 Å². The summed E-state index contributed by atoms with van der Waals surface area (Å²) in [6, 6.07) is 8.62. The number of aliphatic hydroxyl groups is 1. The molecule has 1 aromatic heterocycles. The minimum absolute atomic E-state index is 0.00193. The summed E-state index contributed by atoms with van der Waals surface area (Å²) in [5, 5.41) is 14.6. The molecule has 1 aromatic carbocycles. The van der Waals surface area contributed by atoms with Gasteiger partial charge in [-0.2, -0.15) is 0 Å². The van der Waals surface area contributed by atoms with Gasteiger partial charge in [-0.3, -0.25) is 0 Å². The van der Waals surface area contributed by atoms with Gasteiger partial charge in [-0.25, -0.2) is 0 Å². The monoisotopic (exact) mass is 319 g/mol. The molecule has 0 amide bonds. The Bertz CT molecular complexity index is 626. The first kappa shape index (κ1) is 15.3. The Morgan fingerprint density at radius 2 is 2.23 bits per heavy atom. The number of rotatable bonds is 6. The molecule has 0 spiro atoms. The molecule has 5 heteroatoms. The lowest BCUT2D eigenvalue weighted by atomic mass is 9.97. The van der Waals surface area contributed by atoms with E-state index in [1.54, 1.807) is 7.11 Å². The Morgan fingerprint density at radius 3 is 3.05 bits per heavy atom. The van der Waals surface area contributed by atoms with Crippen LogP contribution in [-0.2, 0) is 12.8 Å². The molecule has 0 saturated carbocycles. The van der Waals surface area contributed by atoms with Gasteiger partial charge in [0.25, 0.3) is 0 Å². The molecule has 0 saturated heterocycles. The minimum atomic E-state index is -0.00193. The SMILES string of the molecule is COc1cc(CC2NCCc3ccsc32)ccc1OCCO. The van der Waals surface area contributed by atoms with Crippen molar-refractivity contribution in [2.75, 3.05) is 26.9 Å². The van der Waals surface area contributed by atoms with E-state index >= 15 is 0 Å². The second kappa shape index (κ2) is 7.13. The smallest absolute Gasteiger partial charge is 0.161 e. The van der Waals surface area contributed by atoms with Crippen LogP contribution in [0.4, 0.5) is 0 Å². The van der Waals surface area contributed by atoms with Crippen molar-refractivity contribution >= 4 is 11.3 Å². The lowest BCUT2D eigenvalue weighted by molar-refractivity contribution is 0.196. The maximum Gasteiger partial charge on any atom is 0.161 e. The molecule has 0 radical (unpaired) electrons. The number of methoxy groups -OCH3 is 1. The molecule has 1 aliphatic heterocycles. The summed E-state index contributed by atoms with van der Waals surface area (Å²) in [5.41, 5.74) is 2.69. The predicted molar refractivity (Wildman–Crippen MR) is 88.0 cm³/mol. The second-order valence-corrected chi connectivity index (χ2v) is 6.28. The zero-order valence-corrected chi connectivity index (χ0v) is 13.5. The standard InChI is InChI=1S/C17H21NO3S/c1-20-16-11-12(2-3-15(16)21-8-7-19)10-14-17-13(4-6-18-14)5-9-22-17/h2-3,5,9,11,14,18-19H,4,6-8,10H2,1H3. The third-order valence-electron chi connectivity index (χ3n) is 3.90. The number of fused-ring (bicyclic) bond motifs is 1. The largest absolute Gasteiger partial charge is 0.493 e. The van der Waals surface area contributed by atoms with E-state index < -0.39 is 0 Å². The van der Waals surface area contributed by atoms with Gasteiger partial charge < -0.3 is 19.9 Å². The molecule has 2 N–H and O–H groups in total. The van der Waals surface area contributed by atoms with Gasteiger partial charge in [0.2, 0.25) is 0 Å². The van der Waals surface area contributed by atoms with Gasteiger partial charge >= 0.3 is 0 Å². The first-order valence-corrected chi connectivity index (χ1v) is 8.40. The molecule has 2 heterocycles. The van der Waals surface area contributed by atoms with Gasteiger partial charge in [-0.05, 0) is 54.1 Å². The normalized spacial score (nSPS) is 17.1. The Hall–Kier alpha value is -1.56. The molecule has 22 heavy (non-hydrogen) atoms. The zero-order valence-electron chi connectivity index (χ0n) is 12.7. The predicted octanol–water partition coefficient (Wildman–Crippen LogP) is 2.56. The van der Waals surface area contributed by atoms with E-state index in [1.807, 2.05) is 23.5 Å². The van der Waals surface area contributed by atoms with Crippen molar-refractivity contribution < 1.29 is 14.6 Å². The molecule has 1 atom stereocenters. The average Bonchev–Trinajstić information content (AvgIpc) is 3.03. The topological polar surface area (TPSA) is 50.7 Å². The van der Waals surface area contributed by atoms with E-state index in [0.717, 1.165) is 19.4 Å². The van der Waals surface area contributed by atoms with Gasteiger partial charge in [-0.15, -0.1) is 11.3 Å². The van der Waals surface area contributed by atoms with Crippen LogP contribution in [-0.4, -0.2) is 32.0 Å². The van der Waals surface area contributed by atoms with Gasteiger partial charge in [0.05, 0.1) is 13.7 Å². The molecule has 4 nitrogen and oxygen atoms in total. The van der Waals surface area contributed by atoms with E-state index in [-0.39, 0.29) is 13.2 Å². The molecular weight excluding hydrogens is 298 g/mol. The van der Waals surface area contributed by atoms with Gasteiger partial charge in [0.15, 0.2) is 11.5 Å². The summed E-state index contributed by atoms with van der Waals surface area (Å²) in [7, 11) is 1.64. The Kier molecular flexibility index (Phi) is 4.97. The number of hydrogen-bond donors (Lipinski definition) is 2. The number of thiophene rings is 1. The van der Waals surface area contributed by atoms with E-state index in [1.165, 1.54) is 16.0 Å². The molecular formula is C17H21NO3S. The Balaban J connectivity index is 1.76. The fourth-order valence-electron chi connectivity index (χ4n) is 2.85. The van der Waals surface area contributed by atoms with Gasteiger partial charge in [0, 0.05) is 10.9 Å². The van der Waals surface area contributed by atoms with Crippen molar-refractivity contribution in [1.82, 2.24) is 5.32 Å². The maximum atomic E-state index is 8.86. The molecule has 3 rings (SSSR count). The highest BCUT2D eigenvalue weighted by molar-refractivity contribution is 7.10. The number of ether oxygens (including phenoxy) is 2. The van der Waals surface area contributed by atoms with Crippen LogP contribution < -0.4 is 14.8 Å². The molecule has 1 aliphatic rings. The van der Waals surface area contributed by atoms with E-state index in [2.05, 4.69) is 22.8 Å². The van der Waals surface area contributed by atoms with E-state index in [0.29, 0.717) is 17.5 Å². The molecule has 1 unspecified atom stereocenters. The van der Waals surface area contributed by atoms with Crippen LogP contribution in [0, 0.1) is 0 Å². The van der Waals surface area contributed by atoms with Crippen molar-refractivity contribution in [3.8, 4) is 11.5 Å². The first-order valence-electron chi connectivity index (χ1n) is 7.52. The van der Waals surface area contributed by atoms with Crippen molar-refractivity contribution in [2.24, 2.45) is 0 Å². The molecule has 0 aliphatic carbocycles. The number of aliphatic hydroxyl groups excluding tert-OH is 1. The van der Waals surface area contributed by atoms with E-state index in [9.17, 15) is 0 Å². The second-order valence-electron chi connectivity index (χ2n) is 5.33. The molecule has 0 fully saturated rings. The minimum Gasteiger partial charge on any atom is -0.493 e. The summed E-state index contributed by atoms with van der Waals surface area (Å²) >= 11 is 1.83. The van der Waals surface area contributed by atoms with Crippen molar-refractivity contribution in [3.63, 3.8) is 0 Å². The Morgan fingerprint density at radius 1 is 1.32 bits per heavy atom. The van der Waals surface area contributed by atoms with Crippen LogP contribution in [0.1, 0.15) is 22.0 Å². The lowest BCUT2D eigenvalue weighted by Crippen LogP contribution is -2.29. The van der Waals surface area contributed by atoms with Crippen molar-refractivity contribution in [1.29, 1.82) is 0 Å². The van der Waals surface area contributed by atoms with Crippen LogP contribution >= 0.6 is 11.3 Å². The Labute approximate surface area is 134 Å². The molecule has 2 aromatic rings. The molecule has 118 valence electrons. The van der Waals surface area contributed by atoms with Crippen LogP contribution in [0.2, 0.25) is 0 Å². The highest BCUT2D eigenvalue weighted by Gasteiger charge is 2.21. The highest BCUT2D eigenvalue weighted by Crippen LogP contribution is 2.33.